The Hall–Kier alpha value is -5.02. The second-order valence-electron chi connectivity index (χ2n) is 10.4. The summed E-state index contributed by atoms with van der Waals surface area (Å²) in [7, 11) is 0. The summed E-state index contributed by atoms with van der Waals surface area (Å²) in [4.78, 5) is 81.6. The molecular formula is C26H23BrN8O10S2. The topological polar surface area (TPSA) is 280 Å². The summed E-state index contributed by atoms with van der Waals surface area (Å²) in [5, 5.41) is 48.2. The first-order valence-electron chi connectivity index (χ1n) is 13.2. The first-order valence-corrected chi connectivity index (χ1v) is 15.9. The molecule has 8 N–H and O–H groups in total. The van der Waals surface area contributed by atoms with Gasteiger partial charge in [0, 0.05) is 29.8 Å². The summed E-state index contributed by atoms with van der Waals surface area (Å²) in [6.45, 7) is 2.14. The number of nitrogen functional groups attached to an aromatic ring is 1. The van der Waals surface area contributed by atoms with Gasteiger partial charge < -0.3 is 41.6 Å². The third-order valence-corrected chi connectivity index (χ3v) is 9.36. The van der Waals surface area contributed by atoms with E-state index in [-0.39, 0.29) is 55.7 Å². The van der Waals surface area contributed by atoms with Gasteiger partial charge in [-0.3, -0.25) is 19.3 Å². The number of carboxylic acids is 2. The number of aromatic nitrogens is 3. The highest BCUT2D eigenvalue weighted by Crippen LogP contribution is 2.40. The highest BCUT2D eigenvalue weighted by atomic mass is 79.9. The highest BCUT2D eigenvalue weighted by Gasteiger charge is 2.54. The maximum absolute atomic E-state index is 13.3. The van der Waals surface area contributed by atoms with Crippen molar-refractivity contribution in [3.05, 3.63) is 44.8 Å². The zero-order valence-electron chi connectivity index (χ0n) is 24.0. The number of rotatable bonds is 10. The SMILES string of the molecule is CC(C)(O/N=C(\C(=O)NC1C(=O)N2C(C(=O)O)=C(CNC(=O)c3nc4cc(O)c(O)cc4nc3Br)CS[C@@H]12)c1csc(N)n1)C(=O)O. The van der Waals surface area contributed by atoms with Gasteiger partial charge in [-0.05, 0) is 35.4 Å². The van der Waals surface area contributed by atoms with Crippen LogP contribution in [0.4, 0.5) is 5.13 Å². The van der Waals surface area contributed by atoms with Crippen LogP contribution in [0.25, 0.3) is 11.0 Å². The molecule has 2 aromatic heterocycles. The van der Waals surface area contributed by atoms with Crippen molar-refractivity contribution in [1.29, 1.82) is 0 Å². The molecule has 0 radical (unpaired) electrons. The monoisotopic (exact) mass is 750 g/mol. The number of amides is 3. The molecular weight excluding hydrogens is 728 g/mol. The third kappa shape index (κ3) is 6.49. The molecule has 2 atom stereocenters. The van der Waals surface area contributed by atoms with E-state index in [2.05, 4.69) is 46.7 Å². The summed E-state index contributed by atoms with van der Waals surface area (Å²) >= 11 is 5.26. The van der Waals surface area contributed by atoms with Crippen molar-refractivity contribution in [3.8, 4) is 11.5 Å². The number of fused-ring (bicyclic) bond motifs is 2. The van der Waals surface area contributed by atoms with E-state index in [1.165, 1.54) is 25.3 Å². The standard InChI is InChI=1S/C26H23BrN8O10S2/c1-26(2,24(43)44)45-34-14(11-7-47-25(28)32-11)20(39)33-16-21(40)35-17(23(41)42)8(6-46-22(16)35)5-29-19(38)15-18(27)31-10-4-13(37)12(36)3-9(10)30-15/h3-4,7,16,22,36-37H,5-6H2,1-2H3,(H2,28,32)(H,29,38)(H,33,39)(H,41,42)(H,43,44)/b34-14-/t16?,22-/m0/s1. The van der Waals surface area contributed by atoms with E-state index in [1.807, 2.05) is 0 Å². The number of carbonyl (C=O) groups excluding carboxylic acids is 3. The van der Waals surface area contributed by atoms with E-state index in [0.717, 1.165) is 34.1 Å². The van der Waals surface area contributed by atoms with Gasteiger partial charge >= 0.3 is 11.9 Å². The number of nitrogens with one attached hydrogen (secondary N) is 2. The van der Waals surface area contributed by atoms with Crippen molar-refractivity contribution in [2.45, 2.75) is 30.9 Å². The largest absolute Gasteiger partial charge is 0.504 e. The number of oxime groups is 1. The number of anilines is 1. The number of β-lactam (4-membered cyclic amide) rings is 1. The Morgan fingerprint density at radius 3 is 2.40 bits per heavy atom. The summed E-state index contributed by atoms with van der Waals surface area (Å²) in [6, 6.07) is 1.10. The number of aromatic hydroxyl groups is 2. The molecule has 5 rings (SSSR count). The first kappa shape index (κ1) is 33.3. The summed E-state index contributed by atoms with van der Waals surface area (Å²) in [6.07, 6.45) is 0. The molecule has 0 saturated carbocycles. The second-order valence-corrected chi connectivity index (χ2v) is 13.2. The fraction of sp³-hybridized carbons (Fsp3) is 0.269. The van der Waals surface area contributed by atoms with Crippen LogP contribution in [-0.2, 0) is 24.0 Å². The van der Waals surface area contributed by atoms with Crippen LogP contribution in [0.1, 0.15) is 30.0 Å². The van der Waals surface area contributed by atoms with Crippen molar-refractivity contribution in [2.75, 3.05) is 18.0 Å². The lowest BCUT2D eigenvalue weighted by Gasteiger charge is -2.49. The molecule has 2 aliphatic rings. The van der Waals surface area contributed by atoms with Crippen LogP contribution in [0.2, 0.25) is 0 Å². The van der Waals surface area contributed by atoms with E-state index in [9.17, 15) is 44.4 Å². The quantitative estimate of drug-likeness (QED) is 0.0646. The molecule has 1 unspecified atom stereocenters. The van der Waals surface area contributed by atoms with Crippen LogP contribution in [0.5, 0.6) is 11.5 Å². The molecule has 3 amide bonds. The summed E-state index contributed by atoms with van der Waals surface area (Å²) in [5.41, 5.74) is 3.32. The number of nitrogens with two attached hydrogens (primary N) is 1. The minimum atomic E-state index is -1.81. The van der Waals surface area contributed by atoms with Gasteiger partial charge in [0.25, 0.3) is 17.7 Å². The lowest BCUT2D eigenvalue weighted by atomic mass is 10.0. The van der Waals surface area contributed by atoms with E-state index >= 15 is 0 Å². The summed E-state index contributed by atoms with van der Waals surface area (Å²) < 4.78 is 0.0229. The van der Waals surface area contributed by atoms with Crippen LogP contribution in [0.3, 0.4) is 0 Å². The van der Waals surface area contributed by atoms with Crippen molar-refractivity contribution in [3.63, 3.8) is 0 Å². The summed E-state index contributed by atoms with van der Waals surface area (Å²) in [5.74, 6) is -6.08. The number of hydrogen-bond donors (Lipinski definition) is 7. The zero-order chi connectivity index (χ0) is 34.4. The Morgan fingerprint density at radius 2 is 1.81 bits per heavy atom. The number of phenolic OH excluding ortho intramolecular Hbond substituents is 2. The Bertz CT molecular complexity index is 1930. The van der Waals surface area contributed by atoms with Crippen LogP contribution >= 0.6 is 39.0 Å². The van der Waals surface area contributed by atoms with Crippen molar-refractivity contribution >= 4 is 90.6 Å². The van der Waals surface area contributed by atoms with Crippen molar-refractivity contribution in [1.82, 2.24) is 30.5 Å². The van der Waals surface area contributed by atoms with Crippen LogP contribution in [0.15, 0.2) is 38.5 Å². The van der Waals surface area contributed by atoms with Crippen LogP contribution in [0, 0.1) is 0 Å². The first-order chi connectivity index (χ1) is 22.1. The number of thiazole rings is 1. The second kappa shape index (κ2) is 12.6. The van der Waals surface area contributed by atoms with Gasteiger partial charge in [0.15, 0.2) is 28.0 Å². The number of hydrogen-bond acceptors (Lipinski definition) is 15. The van der Waals surface area contributed by atoms with E-state index in [4.69, 9.17) is 10.6 Å². The molecule has 3 aromatic rings. The number of carboxylic acid groups (broad SMARTS) is 2. The molecule has 21 heteroatoms. The van der Waals surface area contributed by atoms with E-state index < -0.39 is 63.9 Å². The number of aliphatic carboxylic acids is 2. The lowest BCUT2D eigenvalue weighted by Crippen LogP contribution is -2.71. The average Bonchev–Trinajstić information content (AvgIpc) is 3.43. The van der Waals surface area contributed by atoms with Gasteiger partial charge in [-0.25, -0.2) is 24.5 Å². The van der Waals surface area contributed by atoms with Crippen molar-refractivity contribution in [2.24, 2.45) is 5.16 Å². The molecule has 1 saturated heterocycles. The van der Waals surface area contributed by atoms with Gasteiger partial charge in [-0.1, -0.05) is 5.16 Å². The zero-order valence-corrected chi connectivity index (χ0v) is 27.3. The molecule has 1 fully saturated rings. The van der Waals surface area contributed by atoms with E-state index in [1.54, 1.807) is 0 Å². The molecule has 18 nitrogen and oxygen atoms in total. The molecule has 47 heavy (non-hydrogen) atoms. The van der Waals surface area contributed by atoms with Crippen molar-refractivity contribution < 1.29 is 49.2 Å². The highest BCUT2D eigenvalue weighted by molar-refractivity contribution is 9.10. The normalized spacial score (nSPS) is 18.0. The number of thioether (sulfide) groups is 1. The molecule has 1 aromatic carbocycles. The predicted octanol–water partition coefficient (Wildman–Crippen LogP) is 0.595. The molecule has 0 aliphatic carbocycles. The van der Waals surface area contributed by atoms with Gasteiger partial charge in [0.05, 0.1) is 11.0 Å². The van der Waals surface area contributed by atoms with E-state index in [0.29, 0.717) is 0 Å². The third-order valence-electron chi connectivity index (χ3n) is 6.79. The number of nitrogens with zero attached hydrogens (tertiary/aromatic N) is 5. The fourth-order valence-corrected chi connectivity index (χ4v) is 6.66. The molecule has 246 valence electrons. The number of carbonyl (C=O) groups is 5. The van der Waals surface area contributed by atoms with Gasteiger partial charge in [-0.2, -0.15) is 0 Å². The molecule has 0 bridgehead atoms. The van der Waals surface area contributed by atoms with Crippen LogP contribution < -0.4 is 16.4 Å². The number of phenols is 2. The number of benzene rings is 1. The molecule has 2 aliphatic heterocycles. The molecule has 0 spiro atoms. The minimum Gasteiger partial charge on any atom is -0.504 e. The predicted molar refractivity (Wildman–Crippen MR) is 168 cm³/mol. The minimum absolute atomic E-state index is 0.0229. The maximum atomic E-state index is 13.3. The maximum Gasteiger partial charge on any atom is 0.352 e. The molecule has 4 heterocycles. The van der Waals surface area contributed by atoms with Gasteiger partial charge in [0.2, 0.25) is 5.60 Å². The smallest absolute Gasteiger partial charge is 0.352 e. The Balaban J connectivity index is 1.32. The fourth-order valence-electron chi connectivity index (χ4n) is 4.30. The Labute approximate surface area is 279 Å². The average molecular weight is 752 g/mol. The number of halogens is 1. The van der Waals surface area contributed by atoms with Gasteiger partial charge in [0.1, 0.15) is 27.4 Å². The lowest BCUT2D eigenvalue weighted by molar-refractivity contribution is -0.161. The van der Waals surface area contributed by atoms with Gasteiger partial charge in [-0.15, -0.1) is 23.1 Å². The van der Waals surface area contributed by atoms with Crippen LogP contribution in [-0.4, -0.2) is 105 Å². The Morgan fingerprint density at radius 1 is 1.15 bits per heavy atom. The Kier molecular flexibility index (Phi) is 8.97.